The summed E-state index contributed by atoms with van der Waals surface area (Å²) in [6, 6.07) is 7.74. The van der Waals surface area contributed by atoms with Gasteiger partial charge in [0.25, 0.3) is 0 Å². The van der Waals surface area contributed by atoms with E-state index in [9.17, 15) is 5.21 Å². The van der Waals surface area contributed by atoms with E-state index in [0.29, 0.717) is 5.96 Å². The highest BCUT2D eigenvalue weighted by Crippen LogP contribution is 2.36. The molecule has 1 saturated heterocycles. The molecular weight excluding hydrogens is 370 g/mol. The van der Waals surface area contributed by atoms with E-state index in [2.05, 4.69) is 31.6 Å². The quantitative estimate of drug-likeness (QED) is 0.405. The molecule has 0 bridgehead atoms. The van der Waals surface area contributed by atoms with Crippen LogP contribution in [0.1, 0.15) is 40.5 Å². The standard InChI is InChI=1S/C17H24BrN5O/c1-16(2)9-12(10-17(3,4)23(16)24)21-15(20-11-19)22-14-8-6-5-7-13(14)18/h5-8,12,24H,9-10H2,1-4H3,(H2,20,21,22). The Morgan fingerprint density at radius 2 is 1.88 bits per heavy atom. The molecule has 7 heteroatoms. The lowest BCUT2D eigenvalue weighted by molar-refractivity contribution is -0.245. The minimum Gasteiger partial charge on any atom is -0.352 e. The number of nitrogens with zero attached hydrogens (tertiary/aromatic N) is 3. The van der Waals surface area contributed by atoms with Crippen LogP contribution in [-0.2, 0) is 0 Å². The summed E-state index contributed by atoms with van der Waals surface area (Å²) in [5.41, 5.74) is 0.0896. The van der Waals surface area contributed by atoms with E-state index < -0.39 is 0 Å². The highest BCUT2D eigenvalue weighted by molar-refractivity contribution is 9.10. The first-order valence-corrected chi connectivity index (χ1v) is 8.69. The molecule has 1 aliphatic heterocycles. The Morgan fingerprint density at radius 1 is 1.29 bits per heavy atom. The third kappa shape index (κ3) is 4.26. The molecule has 1 aromatic rings. The van der Waals surface area contributed by atoms with Crippen molar-refractivity contribution in [1.82, 2.24) is 10.4 Å². The van der Waals surface area contributed by atoms with E-state index in [-0.39, 0.29) is 17.1 Å². The fourth-order valence-corrected chi connectivity index (χ4v) is 3.79. The number of guanidine groups is 1. The molecule has 3 N–H and O–H groups in total. The smallest absolute Gasteiger partial charge is 0.212 e. The Morgan fingerprint density at radius 3 is 2.42 bits per heavy atom. The van der Waals surface area contributed by atoms with Crippen LogP contribution in [0.15, 0.2) is 33.7 Å². The van der Waals surface area contributed by atoms with Gasteiger partial charge in [0.05, 0.1) is 5.69 Å². The number of hydrogen-bond acceptors (Lipinski definition) is 4. The maximum Gasteiger partial charge on any atom is 0.212 e. The monoisotopic (exact) mass is 393 g/mol. The van der Waals surface area contributed by atoms with E-state index in [1.54, 1.807) is 0 Å². The Kier molecular flexibility index (Phi) is 5.53. The van der Waals surface area contributed by atoms with Gasteiger partial charge in [-0.05, 0) is 68.6 Å². The molecule has 1 fully saturated rings. The zero-order valence-corrected chi connectivity index (χ0v) is 16.1. The third-order valence-electron chi connectivity index (χ3n) is 4.27. The number of anilines is 1. The second kappa shape index (κ2) is 7.09. The van der Waals surface area contributed by atoms with E-state index >= 15 is 0 Å². The number of nitrogens with one attached hydrogen (secondary N) is 2. The number of halogens is 1. The Hall–Kier alpha value is -1.62. The van der Waals surface area contributed by atoms with Crippen molar-refractivity contribution in [3.8, 4) is 6.19 Å². The van der Waals surface area contributed by atoms with Crippen molar-refractivity contribution in [1.29, 1.82) is 5.26 Å². The van der Waals surface area contributed by atoms with Gasteiger partial charge < -0.3 is 15.8 Å². The molecular formula is C17H24BrN5O. The molecule has 24 heavy (non-hydrogen) atoms. The molecule has 0 aliphatic carbocycles. The largest absolute Gasteiger partial charge is 0.352 e. The van der Waals surface area contributed by atoms with Crippen molar-refractivity contribution in [3.63, 3.8) is 0 Å². The van der Waals surface area contributed by atoms with Gasteiger partial charge in [-0.25, -0.2) is 0 Å². The van der Waals surface area contributed by atoms with Gasteiger partial charge in [0.2, 0.25) is 12.2 Å². The van der Waals surface area contributed by atoms with Crippen LogP contribution in [0.3, 0.4) is 0 Å². The zero-order valence-electron chi connectivity index (χ0n) is 14.5. The molecule has 6 nitrogen and oxygen atoms in total. The number of hydroxylamine groups is 2. The minimum absolute atomic E-state index is 0.0838. The van der Waals surface area contributed by atoms with Crippen molar-refractivity contribution < 1.29 is 5.21 Å². The van der Waals surface area contributed by atoms with Crippen molar-refractivity contribution in [2.45, 2.75) is 57.7 Å². The van der Waals surface area contributed by atoms with Gasteiger partial charge in [0.1, 0.15) is 0 Å². The summed E-state index contributed by atoms with van der Waals surface area (Å²) in [4.78, 5) is 3.87. The second-order valence-corrected chi connectivity index (χ2v) is 8.21. The lowest BCUT2D eigenvalue weighted by atomic mass is 9.79. The summed E-state index contributed by atoms with van der Waals surface area (Å²) in [5.74, 6) is 0.410. The average Bonchev–Trinajstić information content (AvgIpc) is 2.47. The van der Waals surface area contributed by atoms with Gasteiger partial charge in [0, 0.05) is 21.6 Å². The van der Waals surface area contributed by atoms with Crippen molar-refractivity contribution >= 4 is 27.6 Å². The zero-order chi connectivity index (χ0) is 18.0. The van der Waals surface area contributed by atoms with E-state index in [4.69, 9.17) is 5.26 Å². The fraction of sp³-hybridized carbons (Fsp3) is 0.529. The molecule has 1 heterocycles. The number of nitriles is 1. The summed E-state index contributed by atoms with van der Waals surface area (Å²) in [7, 11) is 0. The van der Waals surface area contributed by atoms with Crippen LogP contribution in [-0.4, -0.2) is 33.3 Å². The predicted molar refractivity (Wildman–Crippen MR) is 98.8 cm³/mol. The van der Waals surface area contributed by atoms with Crippen LogP contribution in [0.2, 0.25) is 0 Å². The van der Waals surface area contributed by atoms with Crippen LogP contribution >= 0.6 is 15.9 Å². The Bertz CT molecular complexity index is 647. The van der Waals surface area contributed by atoms with E-state index in [1.165, 1.54) is 5.06 Å². The summed E-state index contributed by atoms with van der Waals surface area (Å²) in [6.07, 6.45) is 3.30. The second-order valence-electron chi connectivity index (χ2n) is 7.35. The molecule has 2 rings (SSSR count). The molecule has 0 unspecified atom stereocenters. The molecule has 0 spiro atoms. The minimum atomic E-state index is -0.371. The maximum atomic E-state index is 10.4. The predicted octanol–water partition coefficient (Wildman–Crippen LogP) is 3.70. The average molecular weight is 394 g/mol. The molecule has 1 aliphatic rings. The van der Waals surface area contributed by atoms with E-state index in [0.717, 1.165) is 23.0 Å². The first-order chi connectivity index (χ1) is 11.2. The van der Waals surface area contributed by atoms with Gasteiger partial charge in [-0.15, -0.1) is 4.99 Å². The Balaban J connectivity index is 2.16. The van der Waals surface area contributed by atoms with Gasteiger partial charge in [-0.1, -0.05) is 12.1 Å². The lowest BCUT2D eigenvalue weighted by Crippen LogP contribution is -2.63. The molecule has 0 aromatic heterocycles. The summed E-state index contributed by atoms with van der Waals surface area (Å²) in [5, 5.41) is 27.3. The van der Waals surface area contributed by atoms with E-state index in [1.807, 2.05) is 58.2 Å². The molecule has 0 radical (unpaired) electrons. The van der Waals surface area contributed by atoms with Crippen molar-refractivity contribution in [2.75, 3.05) is 5.32 Å². The van der Waals surface area contributed by atoms with Crippen LogP contribution in [0.5, 0.6) is 0 Å². The first kappa shape index (κ1) is 18.7. The highest BCUT2D eigenvalue weighted by Gasteiger charge is 2.45. The number of aliphatic imine (C=N–C) groups is 1. The van der Waals surface area contributed by atoms with Gasteiger partial charge in [0.15, 0.2) is 0 Å². The number of piperidine rings is 1. The molecule has 130 valence electrons. The van der Waals surface area contributed by atoms with Crippen molar-refractivity contribution in [3.05, 3.63) is 28.7 Å². The third-order valence-corrected chi connectivity index (χ3v) is 4.96. The van der Waals surface area contributed by atoms with Crippen LogP contribution in [0.25, 0.3) is 0 Å². The van der Waals surface area contributed by atoms with Crippen molar-refractivity contribution in [2.24, 2.45) is 4.99 Å². The maximum absolute atomic E-state index is 10.4. The molecule has 1 aromatic carbocycles. The number of hydrogen-bond donors (Lipinski definition) is 3. The molecule has 0 atom stereocenters. The summed E-state index contributed by atoms with van der Waals surface area (Å²) < 4.78 is 0.892. The lowest BCUT2D eigenvalue weighted by Gasteiger charge is -2.51. The number of rotatable bonds is 2. The first-order valence-electron chi connectivity index (χ1n) is 7.90. The number of para-hydroxylation sites is 1. The summed E-state index contributed by atoms with van der Waals surface area (Å²) >= 11 is 3.48. The van der Waals surface area contributed by atoms with Gasteiger partial charge in [-0.2, -0.15) is 10.3 Å². The van der Waals surface area contributed by atoms with Crippen LogP contribution in [0.4, 0.5) is 5.69 Å². The number of benzene rings is 1. The molecule has 0 saturated carbocycles. The van der Waals surface area contributed by atoms with Gasteiger partial charge in [-0.3, -0.25) is 0 Å². The topological polar surface area (TPSA) is 83.7 Å². The van der Waals surface area contributed by atoms with Crippen LogP contribution in [0, 0.1) is 11.5 Å². The highest BCUT2D eigenvalue weighted by atomic mass is 79.9. The molecule has 0 amide bonds. The normalized spacial score (nSPS) is 21.1. The Labute approximate surface area is 151 Å². The van der Waals surface area contributed by atoms with Crippen LogP contribution < -0.4 is 10.6 Å². The SMILES string of the molecule is CC1(C)CC(NC(=NC#N)Nc2ccccc2Br)CC(C)(C)N1O. The fourth-order valence-electron chi connectivity index (χ4n) is 3.40. The van der Waals surface area contributed by atoms with Gasteiger partial charge >= 0.3 is 0 Å². The summed E-state index contributed by atoms with van der Waals surface area (Å²) in [6.45, 7) is 8.02.